The maximum Gasteiger partial charge on any atom is 0.248 e. The second-order valence-electron chi connectivity index (χ2n) is 9.98. The van der Waals surface area contributed by atoms with Crippen molar-refractivity contribution >= 4 is 17.5 Å². The van der Waals surface area contributed by atoms with E-state index in [9.17, 15) is 10.1 Å². The van der Waals surface area contributed by atoms with Gasteiger partial charge in [0.1, 0.15) is 36.6 Å². The third-order valence-electron chi connectivity index (χ3n) is 7.18. The summed E-state index contributed by atoms with van der Waals surface area (Å²) in [6.45, 7) is 3.11. The molecule has 2 aromatic carbocycles. The van der Waals surface area contributed by atoms with E-state index in [1.807, 2.05) is 31.2 Å². The van der Waals surface area contributed by atoms with E-state index >= 15 is 0 Å². The van der Waals surface area contributed by atoms with Crippen molar-refractivity contribution in [2.75, 3.05) is 32.1 Å². The monoisotopic (exact) mass is 569 g/mol. The highest BCUT2D eigenvalue weighted by atomic mass is 16.5. The summed E-state index contributed by atoms with van der Waals surface area (Å²) in [5.41, 5.74) is 3.85. The molecule has 1 fully saturated rings. The maximum absolute atomic E-state index is 11.8. The number of amides is 1. The first-order chi connectivity index (χ1) is 20.5. The number of methoxy groups -OCH3 is 1. The number of aliphatic hydroxyl groups is 1. The van der Waals surface area contributed by atoms with Gasteiger partial charge < -0.3 is 24.8 Å². The number of nitriles is 1. The highest BCUT2D eigenvalue weighted by Crippen LogP contribution is 2.35. The zero-order chi connectivity index (χ0) is 29.5. The lowest BCUT2D eigenvalue weighted by Crippen LogP contribution is -2.39. The summed E-state index contributed by atoms with van der Waals surface area (Å²) >= 11 is 0. The number of ether oxygens (including phenoxy) is 2. The summed E-state index contributed by atoms with van der Waals surface area (Å²) in [6, 6.07) is 13.5. The Morgan fingerprint density at radius 2 is 1.93 bits per heavy atom. The van der Waals surface area contributed by atoms with Gasteiger partial charge in [-0.25, -0.2) is 14.6 Å². The van der Waals surface area contributed by atoms with Crippen LogP contribution in [0.2, 0.25) is 0 Å². The van der Waals surface area contributed by atoms with E-state index in [0.717, 1.165) is 35.2 Å². The molecule has 5 rings (SSSR count). The normalized spacial score (nSPS) is 14.2. The number of rotatable bonds is 10. The van der Waals surface area contributed by atoms with Crippen LogP contribution in [-0.4, -0.2) is 79.0 Å². The quantitative estimate of drug-likeness (QED) is 0.288. The average molecular weight is 570 g/mol. The van der Waals surface area contributed by atoms with E-state index in [0.29, 0.717) is 48.6 Å². The van der Waals surface area contributed by atoms with Crippen LogP contribution >= 0.6 is 0 Å². The van der Waals surface area contributed by atoms with Gasteiger partial charge in [0.25, 0.3) is 0 Å². The number of piperidine rings is 1. The molecular formula is C29H31N9O4. The van der Waals surface area contributed by atoms with Crippen molar-refractivity contribution in [3.8, 4) is 28.7 Å². The van der Waals surface area contributed by atoms with Crippen LogP contribution in [0.1, 0.15) is 36.8 Å². The van der Waals surface area contributed by atoms with Crippen molar-refractivity contribution in [3.63, 3.8) is 0 Å². The molecule has 2 N–H and O–H groups in total. The van der Waals surface area contributed by atoms with Crippen LogP contribution < -0.4 is 14.8 Å². The van der Waals surface area contributed by atoms with Gasteiger partial charge >= 0.3 is 0 Å². The number of aliphatic hydroxyl groups excluding tert-OH is 1. The van der Waals surface area contributed by atoms with E-state index in [2.05, 4.69) is 36.9 Å². The van der Waals surface area contributed by atoms with Crippen LogP contribution in [0.25, 0.3) is 11.1 Å². The molecule has 0 saturated carbocycles. The molecule has 3 heterocycles. The molecule has 0 radical (unpaired) electrons. The largest absolute Gasteiger partial charge is 0.495 e. The predicted octanol–water partition coefficient (Wildman–Crippen LogP) is 2.92. The summed E-state index contributed by atoms with van der Waals surface area (Å²) in [4.78, 5) is 22.4. The molecule has 1 saturated heterocycles. The molecule has 2 aromatic heterocycles. The number of likely N-dealkylation sites (tertiary alicyclic amines) is 1. The van der Waals surface area contributed by atoms with Crippen LogP contribution in [0.4, 0.5) is 11.6 Å². The molecule has 13 nitrogen and oxygen atoms in total. The Balaban J connectivity index is 1.26. The van der Waals surface area contributed by atoms with Gasteiger partial charge in [-0.2, -0.15) is 5.26 Å². The van der Waals surface area contributed by atoms with Crippen molar-refractivity contribution in [2.24, 2.45) is 0 Å². The number of carbonyl (C=O) groups excluding carboxylic acids is 1. The lowest BCUT2D eigenvalue weighted by Gasteiger charge is -2.32. The number of hydrogen-bond acceptors (Lipinski definition) is 11. The summed E-state index contributed by atoms with van der Waals surface area (Å²) in [6.07, 6.45) is 6.29. The Morgan fingerprint density at radius 3 is 2.60 bits per heavy atom. The van der Waals surface area contributed by atoms with Crippen molar-refractivity contribution in [3.05, 3.63) is 66.2 Å². The fourth-order valence-electron chi connectivity index (χ4n) is 4.96. The molecule has 13 heteroatoms. The van der Waals surface area contributed by atoms with E-state index in [4.69, 9.17) is 14.6 Å². The van der Waals surface area contributed by atoms with Crippen molar-refractivity contribution in [1.82, 2.24) is 35.1 Å². The zero-order valence-corrected chi connectivity index (χ0v) is 23.3. The van der Waals surface area contributed by atoms with Crippen molar-refractivity contribution < 1.29 is 19.4 Å². The molecule has 1 amide bonds. The molecule has 4 aromatic rings. The van der Waals surface area contributed by atoms with Gasteiger partial charge in [-0.15, -0.1) is 5.10 Å². The van der Waals surface area contributed by atoms with Gasteiger partial charge in [-0.1, -0.05) is 12.1 Å². The van der Waals surface area contributed by atoms with Gasteiger partial charge in [0, 0.05) is 31.0 Å². The van der Waals surface area contributed by atoms with E-state index in [1.165, 1.54) is 6.33 Å². The van der Waals surface area contributed by atoms with E-state index in [1.54, 1.807) is 41.2 Å². The standard InChI is InChI=1S/C29H31N9O4/c1-19(16-38-18-33-35-36-38)42-26-11-22(3-4-23(26)13-30)24-14-31-29(32-15-24)34-25-6-5-21(12-27(25)41-2)20-7-9-37(10-8-20)28(40)17-39/h3-6,11-12,14-15,18-20,39H,7-10,16-17H2,1-2H3,(H,31,32,34)/t19-/m0/s1. The van der Waals surface area contributed by atoms with Crippen molar-refractivity contribution in [1.29, 1.82) is 5.26 Å². The predicted molar refractivity (Wildman–Crippen MR) is 152 cm³/mol. The smallest absolute Gasteiger partial charge is 0.248 e. The molecule has 0 unspecified atom stereocenters. The SMILES string of the molecule is COc1cc(C2CCN(C(=O)CO)CC2)ccc1Nc1ncc(-c2ccc(C#N)c(O[C@@H](C)Cn3cnnn3)c2)cn1. The molecule has 42 heavy (non-hydrogen) atoms. The minimum Gasteiger partial charge on any atom is -0.495 e. The van der Waals surface area contributed by atoms with E-state index in [-0.39, 0.29) is 12.0 Å². The fourth-order valence-corrected chi connectivity index (χ4v) is 4.96. The fraction of sp³-hybridized carbons (Fsp3) is 0.345. The first-order valence-corrected chi connectivity index (χ1v) is 13.5. The summed E-state index contributed by atoms with van der Waals surface area (Å²) in [5.74, 6) is 1.60. The number of hydrogen-bond donors (Lipinski definition) is 2. The average Bonchev–Trinajstić information content (AvgIpc) is 3.54. The summed E-state index contributed by atoms with van der Waals surface area (Å²) in [7, 11) is 1.62. The Morgan fingerprint density at radius 1 is 1.14 bits per heavy atom. The summed E-state index contributed by atoms with van der Waals surface area (Å²) in [5, 5.41) is 33.0. The van der Waals surface area contributed by atoms with Crippen molar-refractivity contribution in [2.45, 2.75) is 38.3 Å². The lowest BCUT2D eigenvalue weighted by molar-refractivity contribution is -0.135. The highest BCUT2D eigenvalue weighted by Gasteiger charge is 2.24. The number of anilines is 2. The van der Waals surface area contributed by atoms with Crippen LogP contribution in [0.15, 0.2) is 55.1 Å². The van der Waals surface area contributed by atoms with Crippen LogP contribution in [0, 0.1) is 11.3 Å². The molecule has 0 bridgehead atoms. The Hall–Kier alpha value is -5.09. The number of carbonyl (C=O) groups is 1. The van der Waals surface area contributed by atoms with Gasteiger partial charge in [-0.3, -0.25) is 4.79 Å². The minimum absolute atomic E-state index is 0.225. The van der Waals surface area contributed by atoms with E-state index < -0.39 is 6.61 Å². The molecule has 0 spiro atoms. The van der Waals surface area contributed by atoms with Gasteiger partial charge in [0.15, 0.2) is 0 Å². The summed E-state index contributed by atoms with van der Waals surface area (Å²) < 4.78 is 13.3. The first-order valence-electron chi connectivity index (χ1n) is 13.5. The Labute approximate surface area is 242 Å². The Kier molecular flexibility index (Phi) is 8.84. The van der Waals surface area contributed by atoms with Gasteiger partial charge in [0.05, 0.1) is 24.9 Å². The molecule has 1 aliphatic rings. The second kappa shape index (κ2) is 13.0. The topological polar surface area (TPSA) is 164 Å². The second-order valence-corrected chi connectivity index (χ2v) is 9.98. The number of tetrazole rings is 1. The van der Waals surface area contributed by atoms with Crippen LogP contribution in [0.5, 0.6) is 11.5 Å². The number of nitrogens with one attached hydrogen (secondary N) is 1. The highest BCUT2D eigenvalue weighted by molar-refractivity contribution is 5.77. The Bertz CT molecular complexity index is 1550. The molecule has 1 aliphatic heterocycles. The van der Waals surface area contributed by atoms with Gasteiger partial charge in [-0.05, 0) is 71.5 Å². The minimum atomic E-state index is -0.450. The molecule has 0 aliphatic carbocycles. The molecule has 216 valence electrons. The van der Waals surface area contributed by atoms with Gasteiger partial charge in [0.2, 0.25) is 11.9 Å². The number of aromatic nitrogens is 6. The molecule has 1 atom stereocenters. The number of benzene rings is 2. The van der Waals surface area contributed by atoms with Crippen LogP contribution in [-0.2, 0) is 11.3 Å². The third-order valence-corrected chi connectivity index (χ3v) is 7.18. The maximum atomic E-state index is 11.8. The zero-order valence-electron chi connectivity index (χ0n) is 23.3. The molecular weight excluding hydrogens is 538 g/mol. The third kappa shape index (κ3) is 6.61. The number of nitrogens with zero attached hydrogens (tertiary/aromatic N) is 8. The van der Waals surface area contributed by atoms with Crippen LogP contribution in [0.3, 0.4) is 0 Å². The first kappa shape index (κ1) is 28.4. The lowest BCUT2D eigenvalue weighted by atomic mass is 9.89.